The van der Waals surface area contributed by atoms with E-state index in [-0.39, 0.29) is 11.3 Å². The van der Waals surface area contributed by atoms with Crippen molar-refractivity contribution in [2.24, 2.45) is 0 Å². The summed E-state index contributed by atoms with van der Waals surface area (Å²) in [5.41, 5.74) is 1.52. The van der Waals surface area contributed by atoms with E-state index in [1.54, 1.807) is 41.1 Å². The molecule has 0 fully saturated rings. The average molecular weight is 286 g/mol. The van der Waals surface area contributed by atoms with Crippen molar-refractivity contribution in [3.05, 3.63) is 69.5 Å². The van der Waals surface area contributed by atoms with Crippen LogP contribution in [0.4, 0.5) is 5.69 Å². The number of hydrogen-bond donors (Lipinski definition) is 1. The van der Waals surface area contributed by atoms with Gasteiger partial charge in [-0.15, -0.1) is 0 Å². The van der Waals surface area contributed by atoms with Gasteiger partial charge in [-0.1, -0.05) is 18.2 Å². The molecule has 21 heavy (non-hydrogen) atoms. The number of para-hydroxylation sites is 1. The molecule has 2 rings (SSSR count). The molecule has 0 aliphatic rings. The molecule has 0 spiro atoms. The molecule has 0 bridgehead atoms. The first-order chi connectivity index (χ1) is 9.99. The third-order valence-electron chi connectivity index (χ3n) is 3.10. The Hall–Kier alpha value is -2.89. The molecular formula is C15H14N2O4. The SMILES string of the molecule is C/C(=C/c1cccn1Cc1ccccc1[N+](=O)[O-])C(=O)O. The van der Waals surface area contributed by atoms with Crippen LogP contribution in [0.2, 0.25) is 0 Å². The van der Waals surface area contributed by atoms with Crippen molar-refractivity contribution in [3.63, 3.8) is 0 Å². The molecular weight excluding hydrogens is 272 g/mol. The zero-order chi connectivity index (χ0) is 15.4. The Morgan fingerprint density at radius 2 is 2.05 bits per heavy atom. The molecule has 0 radical (unpaired) electrons. The molecule has 108 valence electrons. The monoisotopic (exact) mass is 286 g/mol. The van der Waals surface area contributed by atoms with Crippen LogP contribution in [0.5, 0.6) is 0 Å². The van der Waals surface area contributed by atoms with Crippen LogP contribution in [-0.2, 0) is 11.3 Å². The van der Waals surface area contributed by atoms with Gasteiger partial charge in [0, 0.05) is 29.1 Å². The summed E-state index contributed by atoms with van der Waals surface area (Å²) in [5, 5.41) is 19.9. The largest absolute Gasteiger partial charge is 0.478 e. The fourth-order valence-electron chi connectivity index (χ4n) is 1.99. The van der Waals surface area contributed by atoms with Gasteiger partial charge in [0.2, 0.25) is 0 Å². The number of carboxylic acid groups (broad SMARTS) is 1. The van der Waals surface area contributed by atoms with E-state index in [0.717, 1.165) is 0 Å². The molecule has 0 atom stereocenters. The van der Waals surface area contributed by atoms with E-state index in [1.807, 2.05) is 0 Å². The van der Waals surface area contributed by atoms with E-state index in [4.69, 9.17) is 5.11 Å². The van der Waals surface area contributed by atoms with Crippen LogP contribution in [0, 0.1) is 10.1 Å². The molecule has 0 aliphatic heterocycles. The molecule has 6 nitrogen and oxygen atoms in total. The maximum Gasteiger partial charge on any atom is 0.331 e. The van der Waals surface area contributed by atoms with Crippen LogP contribution in [0.1, 0.15) is 18.2 Å². The zero-order valence-electron chi connectivity index (χ0n) is 11.4. The van der Waals surface area contributed by atoms with Gasteiger partial charge in [-0.2, -0.15) is 0 Å². The molecule has 1 N–H and O–H groups in total. The predicted octanol–water partition coefficient (Wildman–Crippen LogP) is 2.93. The summed E-state index contributed by atoms with van der Waals surface area (Å²) >= 11 is 0. The Kier molecular flexibility index (Phi) is 4.18. The van der Waals surface area contributed by atoms with Crippen LogP contribution < -0.4 is 0 Å². The lowest BCUT2D eigenvalue weighted by atomic mass is 10.1. The molecule has 1 heterocycles. The van der Waals surface area contributed by atoms with Crippen molar-refractivity contribution in [3.8, 4) is 0 Å². The Morgan fingerprint density at radius 3 is 2.71 bits per heavy atom. The van der Waals surface area contributed by atoms with Crippen molar-refractivity contribution < 1.29 is 14.8 Å². The highest BCUT2D eigenvalue weighted by Gasteiger charge is 2.13. The van der Waals surface area contributed by atoms with Gasteiger partial charge in [-0.3, -0.25) is 10.1 Å². The first-order valence-corrected chi connectivity index (χ1v) is 6.28. The summed E-state index contributed by atoms with van der Waals surface area (Å²) in [6, 6.07) is 10.0. The number of nitrogens with zero attached hydrogens (tertiary/aromatic N) is 2. The second-order valence-electron chi connectivity index (χ2n) is 4.58. The molecule has 6 heteroatoms. The van der Waals surface area contributed by atoms with Gasteiger partial charge in [0.15, 0.2) is 0 Å². The first kappa shape index (κ1) is 14.5. The van der Waals surface area contributed by atoms with E-state index in [1.165, 1.54) is 19.1 Å². The van der Waals surface area contributed by atoms with E-state index in [9.17, 15) is 14.9 Å². The topological polar surface area (TPSA) is 85.4 Å². The lowest BCUT2D eigenvalue weighted by Crippen LogP contribution is -2.04. The second-order valence-corrected chi connectivity index (χ2v) is 4.58. The summed E-state index contributed by atoms with van der Waals surface area (Å²) < 4.78 is 1.77. The normalized spacial score (nSPS) is 11.4. The van der Waals surface area contributed by atoms with Crippen LogP contribution in [0.15, 0.2) is 48.2 Å². The molecule has 0 unspecified atom stereocenters. The smallest absolute Gasteiger partial charge is 0.331 e. The van der Waals surface area contributed by atoms with E-state index in [0.29, 0.717) is 17.8 Å². The van der Waals surface area contributed by atoms with Gasteiger partial charge in [0.1, 0.15) is 0 Å². The standard InChI is InChI=1S/C15H14N2O4/c1-11(15(18)19)9-13-6-4-8-16(13)10-12-5-2-3-7-14(12)17(20)21/h2-9H,10H2,1H3,(H,18,19)/b11-9-. The number of hydrogen-bond acceptors (Lipinski definition) is 3. The lowest BCUT2D eigenvalue weighted by Gasteiger charge is -2.07. The number of nitro benzene ring substituents is 1. The van der Waals surface area contributed by atoms with Gasteiger partial charge < -0.3 is 9.67 Å². The molecule has 0 saturated carbocycles. The van der Waals surface area contributed by atoms with Gasteiger partial charge in [-0.05, 0) is 25.1 Å². The third kappa shape index (κ3) is 3.36. The fraction of sp³-hybridized carbons (Fsp3) is 0.133. The van der Waals surface area contributed by atoms with Crippen LogP contribution >= 0.6 is 0 Å². The number of aliphatic carboxylic acids is 1. The number of carbonyl (C=O) groups is 1. The van der Waals surface area contributed by atoms with Crippen LogP contribution in [0.25, 0.3) is 6.08 Å². The number of benzene rings is 1. The maximum absolute atomic E-state index is 11.0. The van der Waals surface area contributed by atoms with Crippen molar-refractivity contribution in [2.45, 2.75) is 13.5 Å². The zero-order valence-corrected chi connectivity index (χ0v) is 11.4. The summed E-state index contributed by atoms with van der Waals surface area (Å²) in [6.45, 7) is 1.81. The molecule has 1 aromatic heterocycles. The van der Waals surface area contributed by atoms with Gasteiger partial charge in [-0.25, -0.2) is 4.79 Å². The Balaban J connectivity index is 2.34. The minimum Gasteiger partial charge on any atom is -0.478 e. The maximum atomic E-state index is 11.0. The summed E-state index contributed by atoms with van der Waals surface area (Å²) in [7, 11) is 0. The van der Waals surface area contributed by atoms with Crippen molar-refractivity contribution in [1.82, 2.24) is 4.57 Å². The number of nitro groups is 1. The summed E-state index contributed by atoms with van der Waals surface area (Å²) in [4.78, 5) is 21.5. The van der Waals surface area contributed by atoms with E-state index in [2.05, 4.69) is 0 Å². The lowest BCUT2D eigenvalue weighted by molar-refractivity contribution is -0.385. The number of aromatic nitrogens is 1. The Labute approximate surface area is 121 Å². The molecule has 0 aliphatic carbocycles. The van der Waals surface area contributed by atoms with Crippen molar-refractivity contribution >= 4 is 17.7 Å². The summed E-state index contributed by atoms with van der Waals surface area (Å²) in [6.07, 6.45) is 3.30. The van der Waals surface area contributed by atoms with E-state index >= 15 is 0 Å². The predicted molar refractivity (Wildman–Crippen MR) is 77.9 cm³/mol. The summed E-state index contributed by atoms with van der Waals surface area (Å²) in [5.74, 6) is -0.992. The highest BCUT2D eigenvalue weighted by molar-refractivity contribution is 5.91. The van der Waals surface area contributed by atoms with Crippen molar-refractivity contribution in [1.29, 1.82) is 0 Å². The van der Waals surface area contributed by atoms with Crippen molar-refractivity contribution in [2.75, 3.05) is 0 Å². The molecule has 1 aromatic carbocycles. The number of rotatable bonds is 5. The third-order valence-corrected chi connectivity index (χ3v) is 3.10. The Bertz CT molecular complexity index is 716. The first-order valence-electron chi connectivity index (χ1n) is 6.28. The molecule has 0 amide bonds. The highest BCUT2D eigenvalue weighted by atomic mass is 16.6. The van der Waals surface area contributed by atoms with Crippen LogP contribution in [-0.4, -0.2) is 20.6 Å². The minimum atomic E-state index is -0.992. The van der Waals surface area contributed by atoms with Gasteiger partial charge in [0.25, 0.3) is 5.69 Å². The fourth-order valence-corrected chi connectivity index (χ4v) is 1.99. The molecule has 2 aromatic rings. The average Bonchev–Trinajstić information content (AvgIpc) is 2.86. The second kappa shape index (κ2) is 6.04. The van der Waals surface area contributed by atoms with Crippen LogP contribution in [0.3, 0.4) is 0 Å². The minimum absolute atomic E-state index is 0.0519. The van der Waals surface area contributed by atoms with Gasteiger partial charge >= 0.3 is 5.97 Å². The van der Waals surface area contributed by atoms with Gasteiger partial charge in [0.05, 0.1) is 11.5 Å². The van der Waals surface area contributed by atoms with E-state index < -0.39 is 10.9 Å². The Morgan fingerprint density at radius 1 is 1.33 bits per heavy atom. The highest BCUT2D eigenvalue weighted by Crippen LogP contribution is 2.20. The number of carboxylic acids is 1. The quantitative estimate of drug-likeness (QED) is 0.520. The molecule has 0 saturated heterocycles.